The predicted octanol–water partition coefficient (Wildman–Crippen LogP) is 5.24. The van der Waals surface area contributed by atoms with Gasteiger partial charge in [-0.3, -0.25) is 4.79 Å². The Hall–Kier alpha value is -3.03. The van der Waals surface area contributed by atoms with Gasteiger partial charge in [0.25, 0.3) is 0 Å². The van der Waals surface area contributed by atoms with Crippen LogP contribution in [0, 0.1) is 13.8 Å². The number of anilines is 2. The van der Waals surface area contributed by atoms with Crippen LogP contribution >= 0.6 is 0 Å². The van der Waals surface area contributed by atoms with Gasteiger partial charge in [-0.15, -0.1) is 0 Å². The molecule has 1 N–H and O–H groups in total. The van der Waals surface area contributed by atoms with Crippen LogP contribution in [-0.2, 0) is 17.4 Å². The van der Waals surface area contributed by atoms with Crippen LogP contribution in [0.3, 0.4) is 0 Å². The Morgan fingerprint density at radius 2 is 1.90 bits per heavy atom. The first kappa shape index (κ1) is 20.3. The Labute approximate surface area is 171 Å². The van der Waals surface area contributed by atoms with Crippen molar-refractivity contribution in [2.75, 3.05) is 23.3 Å². The highest BCUT2D eigenvalue weighted by Crippen LogP contribution is 2.36. The van der Waals surface area contributed by atoms with E-state index in [0.29, 0.717) is 17.0 Å². The molecule has 1 saturated heterocycles. The molecular formula is C22H22F3N3O2. The number of aromatic nitrogens is 1. The third-order valence-electron chi connectivity index (χ3n) is 5.36. The molecule has 0 radical (unpaired) electrons. The summed E-state index contributed by atoms with van der Waals surface area (Å²) in [7, 11) is 0. The number of hydrogen-bond acceptors (Lipinski definition) is 4. The first-order valence-corrected chi connectivity index (χ1v) is 9.84. The van der Waals surface area contributed by atoms with Crippen molar-refractivity contribution in [3.8, 4) is 0 Å². The number of amides is 1. The molecule has 1 aliphatic rings. The first-order valence-electron chi connectivity index (χ1n) is 9.84. The zero-order chi connectivity index (χ0) is 21.5. The number of fused-ring (bicyclic) bond motifs is 1. The van der Waals surface area contributed by atoms with Crippen LogP contribution in [0.5, 0.6) is 0 Å². The van der Waals surface area contributed by atoms with Crippen LogP contribution < -0.4 is 10.2 Å². The van der Waals surface area contributed by atoms with Crippen LogP contribution in [0.4, 0.5) is 24.5 Å². The summed E-state index contributed by atoms with van der Waals surface area (Å²) in [5, 5.41) is 7.44. The van der Waals surface area contributed by atoms with E-state index in [-0.39, 0.29) is 12.1 Å². The molecule has 8 heteroatoms. The van der Waals surface area contributed by atoms with Gasteiger partial charge in [0.1, 0.15) is 5.69 Å². The zero-order valence-electron chi connectivity index (χ0n) is 16.8. The number of rotatable bonds is 4. The van der Waals surface area contributed by atoms with Gasteiger partial charge >= 0.3 is 6.18 Å². The summed E-state index contributed by atoms with van der Waals surface area (Å²) in [4.78, 5) is 14.7. The molecule has 1 fully saturated rings. The van der Waals surface area contributed by atoms with E-state index in [0.717, 1.165) is 54.6 Å². The predicted molar refractivity (Wildman–Crippen MR) is 109 cm³/mol. The second-order valence-electron chi connectivity index (χ2n) is 7.73. The van der Waals surface area contributed by atoms with E-state index in [1.165, 1.54) is 6.07 Å². The van der Waals surface area contributed by atoms with E-state index < -0.39 is 17.6 Å². The Kier molecular flexibility index (Phi) is 5.17. The van der Waals surface area contributed by atoms with Crippen molar-refractivity contribution in [3.63, 3.8) is 0 Å². The van der Waals surface area contributed by atoms with Gasteiger partial charge < -0.3 is 14.7 Å². The summed E-state index contributed by atoms with van der Waals surface area (Å²) in [5.41, 5.74) is 2.99. The Morgan fingerprint density at radius 1 is 1.17 bits per heavy atom. The van der Waals surface area contributed by atoms with E-state index >= 15 is 0 Å². The molecule has 0 spiro atoms. The molecule has 30 heavy (non-hydrogen) atoms. The molecule has 2 aromatic carbocycles. The molecular weight excluding hydrogens is 395 g/mol. The molecule has 0 saturated carbocycles. The minimum Gasteiger partial charge on any atom is -0.370 e. The minimum atomic E-state index is -4.49. The lowest BCUT2D eigenvalue weighted by atomic mass is 10.0. The zero-order valence-corrected chi connectivity index (χ0v) is 16.8. The van der Waals surface area contributed by atoms with E-state index in [4.69, 9.17) is 4.52 Å². The Bertz CT molecular complexity index is 1100. The molecule has 2 heterocycles. The van der Waals surface area contributed by atoms with Crippen molar-refractivity contribution in [1.82, 2.24) is 5.16 Å². The highest BCUT2D eigenvalue weighted by Gasteiger charge is 2.32. The van der Waals surface area contributed by atoms with Crippen molar-refractivity contribution in [2.24, 2.45) is 0 Å². The van der Waals surface area contributed by atoms with Crippen molar-refractivity contribution in [3.05, 3.63) is 52.7 Å². The number of hydrogen-bond donors (Lipinski definition) is 1. The van der Waals surface area contributed by atoms with Crippen molar-refractivity contribution < 1.29 is 22.5 Å². The van der Waals surface area contributed by atoms with Gasteiger partial charge in [-0.25, -0.2) is 0 Å². The third-order valence-corrected chi connectivity index (χ3v) is 5.36. The lowest BCUT2D eigenvalue weighted by Crippen LogP contribution is -2.22. The first-order chi connectivity index (χ1) is 14.2. The summed E-state index contributed by atoms with van der Waals surface area (Å²) in [6, 6.07) is 7.30. The fraction of sp³-hybridized carbons (Fsp3) is 0.364. The highest BCUT2D eigenvalue weighted by molar-refractivity contribution is 5.98. The number of aryl methyl sites for hydroxylation is 2. The smallest absolute Gasteiger partial charge is 0.370 e. The number of nitrogens with zero attached hydrogens (tertiary/aromatic N) is 2. The Morgan fingerprint density at radius 3 is 2.60 bits per heavy atom. The standard InChI is InChI=1S/C22H22F3N3O2/c1-13-9-14(2)21-17(27-30-19(21)10-13)12-20(29)26-16-11-15(22(23,24)25)5-6-18(16)28-7-3-4-8-28/h5-6,9-11H,3-4,7-8,12H2,1-2H3,(H,26,29). The maximum absolute atomic E-state index is 13.2. The molecule has 4 rings (SSSR count). The monoisotopic (exact) mass is 417 g/mol. The van der Waals surface area contributed by atoms with E-state index in [1.54, 1.807) is 0 Å². The molecule has 0 unspecified atom stereocenters. The molecule has 1 aromatic heterocycles. The van der Waals surface area contributed by atoms with Crippen molar-refractivity contribution in [1.29, 1.82) is 0 Å². The van der Waals surface area contributed by atoms with Crippen LogP contribution in [0.25, 0.3) is 11.0 Å². The van der Waals surface area contributed by atoms with E-state index in [2.05, 4.69) is 10.5 Å². The number of alkyl halides is 3. The highest BCUT2D eigenvalue weighted by atomic mass is 19.4. The van der Waals surface area contributed by atoms with Crippen molar-refractivity contribution >= 4 is 28.3 Å². The van der Waals surface area contributed by atoms with Gasteiger partial charge in [-0.2, -0.15) is 13.2 Å². The largest absolute Gasteiger partial charge is 0.416 e. The van der Waals surface area contributed by atoms with Gasteiger partial charge in [0.15, 0.2) is 5.58 Å². The maximum Gasteiger partial charge on any atom is 0.416 e. The molecule has 3 aromatic rings. The van der Waals surface area contributed by atoms with E-state index in [1.807, 2.05) is 30.9 Å². The SMILES string of the molecule is Cc1cc(C)c2c(CC(=O)Nc3cc(C(F)(F)F)ccc3N3CCCC3)noc2c1. The second-order valence-corrected chi connectivity index (χ2v) is 7.73. The molecule has 158 valence electrons. The molecule has 0 atom stereocenters. The topological polar surface area (TPSA) is 58.4 Å². The Balaban J connectivity index is 1.62. The maximum atomic E-state index is 13.2. The fourth-order valence-corrected chi connectivity index (χ4v) is 4.03. The number of benzene rings is 2. The van der Waals surface area contributed by atoms with Gasteiger partial charge in [0.2, 0.25) is 5.91 Å². The number of carbonyl (C=O) groups excluding carboxylic acids is 1. The fourth-order valence-electron chi connectivity index (χ4n) is 4.03. The van der Waals surface area contributed by atoms with Crippen LogP contribution in [0.15, 0.2) is 34.9 Å². The van der Waals surface area contributed by atoms with Gasteiger partial charge in [0, 0.05) is 18.5 Å². The lowest BCUT2D eigenvalue weighted by molar-refractivity contribution is -0.137. The summed E-state index contributed by atoms with van der Waals surface area (Å²) in [6.45, 7) is 5.35. The van der Waals surface area contributed by atoms with Crippen molar-refractivity contribution in [2.45, 2.75) is 39.3 Å². The molecule has 0 bridgehead atoms. The average molecular weight is 417 g/mol. The van der Waals surface area contributed by atoms with Crippen LogP contribution in [-0.4, -0.2) is 24.2 Å². The van der Waals surface area contributed by atoms with Gasteiger partial charge in [-0.05, 0) is 62.1 Å². The number of nitrogens with one attached hydrogen (secondary N) is 1. The summed E-state index contributed by atoms with van der Waals surface area (Å²) in [5.74, 6) is -0.440. The van der Waals surface area contributed by atoms with Crippen LogP contribution in [0.1, 0.15) is 35.2 Å². The summed E-state index contributed by atoms with van der Waals surface area (Å²) < 4.78 is 45.0. The average Bonchev–Trinajstić information content (AvgIpc) is 3.31. The second kappa shape index (κ2) is 7.66. The molecule has 1 amide bonds. The van der Waals surface area contributed by atoms with Crippen LogP contribution in [0.2, 0.25) is 0 Å². The van der Waals surface area contributed by atoms with E-state index in [9.17, 15) is 18.0 Å². The van der Waals surface area contributed by atoms with Gasteiger partial charge in [0.05, 0.1) is 23.4 Å². The quantitative estimate of drug-likeness (QED) is 0.630. The number of carbonyl (C=O) groups is 1. The molecule has 5 nitrogen and oxygen atoms in total. The molecule has 1 aliphatic heterocycles. The summed E-state index contributed by atoms with van der Waals surface area (Å²) >= 11 is 0. The lowest BCUT2D eigenvalue weighted by Gasteiger charge is -2.23. The minimum absolute atomic E-state index is 0.0907. The third kappa shape index (κ3) is 3.99. The summed E-state index contributed by atoms with van der Waals surface area (Å²) in [6.07, 6.45) is -2.64. The number of halogens is 3. The van der Waals surface area contributed by atoms with Gasteiger partial charge in [-0.1, -0.05) is 11.2 Å². The molecule has 0 aliphatic carbocycles. The normalized spacial score (nSPS) is 14.5.